The molecule has 0 saturated heterocycles. The molecule has 0 aliphatic heterocycles. The van der Waals surface area contributed by atoms with Crippen LogP contribution >= 0.6 is 15.9 Å². The molecule has 2 aromatic carbocycles. The summed E-state index contributed by atoms with van der Waals surface area (Å²) in [6.45, 7) is 1.95. The minimum absolute atomic E-state index is 0. The van der Waals surface area contributed by atoms with Gasteiger partial charge in [-0.15, -0.1) is 0 Å². The van der Waals surface area contributed by atoms with Crippen molar-refractivity contribution >= 4 is 38.7 Å². The molecule has 0 radical (unpaired) electrons. The first kappa shape index (κ1) is 24.4. The molecule has 2 bridgehead atoms. The SMILES string of the molecule is Cc1c(-c2ccccc2)nc2ccc(Br)cc2c1C(=O)NC12CCC(C(=O)[O-])(CC1)CC2.[Na+]. The standard InChI is InChI=1S/C26H25BrN2O3.Na/c1-16-21(23(30)29-26-12-9-25(10-13-26,11-14-26)24(31)32)19-15-18(27)7-8-20(19)28-22(16)17-5-3-2-4-6-17;/h2-8,15H,9-14H2,1H3,(H,29,30)(H,31,32);/q;+1/p-1. The molecule has 0 unspecified atom stereocenters. The maximum atomic E-state index is 13.8. The first-order chi connectivity index (χ1) is 15.3. The van der Waals surface area contributed by atoms with Gasteiger partial charge < -0.3 is 15.2 Å². The smallest absolute Gasteiger partial charge is 0.550 e. The Kier molecular flexibility index (Phi) is 6.76. The Bertz CT molecular complexity index is 1220. The number of halogens is 1. The maximum Gasteiger partial charge on any atom is 1.00 e. The van der Waals surface area contributed by atoms with Crippen molar-refractivity contribution < 1.29 is 44.3 Å². The van der Waals surface area contributed by atoms with Crippen molar-refractivity contribution in [1.29, 1.82) is 0 Å². The van der Waals surface area contributed by atoms with Crippen LogP contribution in [0.15, 0.2) is 53.0 Å². The van der Waals surface area contributed by atoms with Gasteiger partial charge in [0.1, 0.15) is 0 Å². The number of amides is 1. The molecule has 1 heterocycles. The molecule has 164 valence electrons. The number of fused-ring (bicyclic) bond motifs is 4. The molecule has 3 aliphatic rings. The third-order valence-electron chi connectivity index (χ3n) is 7.52. The van der Waals surface area contributed by atoms with E-state index in [-0.39, 0.29) is 41.0 Å². The summed E-state index contributed by atoms with van der Waals surface area (Å²) >= 11 is 3.53. The molecule has 3 aliphatic carbocycles. The van der Waals surface area contributed by atoms with Crippen molar-refractivity contribution in [3.63, 3.8) is 0 Å². The molecule has 5 nitrogen and oxygen atoms in total. The molecule has 7 heteroatoms. The third kappa shape index (κ3) is 4.27. The third-order valence-corrected chi connectivity index (χ3v) is 8.02. The molecule has 1 amide bonds. The summed E-state index contributed by atoms with van der Waals surface area (Å²) in [6, 6.07) is 15.7. The Morgan fingerprint density at radius 1 is 1.00 bits per heavy atom. The summed E-state index contributed by atoms with van der Waals surface area (Å²) in [5.74, 6) is -1.06. The Balaban J connectivity index is 0.00000259. The van der Waals surface area contributed by atoms with Gasteiger partial charge >= 0.3 is 29.6 Å². The maximum absolute atomic E-state index is 13.8. The number of benzene rings is 2. The number of aliphatic carboxylic acids is 1. The minimum atomic E-state index is -0.939. The van der Waals surface area contributed by atoms with Crippen molar-refractivity contribution in [2.45, 2.75) is 51.0 Å². The van der Waals surface area contributed by atoms with Crippen LogP contribution in [0.2, 0.25) is 0 Å². The average molecular weight is 515 g/mol. The van der Waals surface area contributed by atoms with Gasteiger partial charge in [-0.05, 0) is 69.2 Å². The fraction of sp³-hybridized carbons (Fsp3) is 0.346. The summed E-state index contributed by atoms with van der Waals surface area (Å²) < 4.78 is 0.889. The number of rotatable bonds is 4. The van der Waals surface area contributed by atoms with E-state index in [0.717, 1.165) is 32.2 Å². The number of hydrogen-bond donors (Lipinski definition) is 1. The largest absolute Gasteiger partial charge is 1.00 e. The molecule has 33 heavy (non-hydrogen) atoms. The van der Waals surface area contributed by atoms with Crippen LogP contribution in [0.4, 0.5) is 0 Å². The Hall–Kier alpha value is -1.73. The molecule has 3 saturated carbocycles. The number of carboxylic acids is 1. The second kappa shape index (κ2) is 9.14. The van der Waals surface area contributed by atoms with Crippen LogP contribution in [0.1, 0.15) is 54.4 Å². The van der Waals surface area contributed by atoms with E-state index in [1.54, 1.807) is 0 Å². The molecule has 3 aromatic rings. The first-order valence-corrected chi connectivity index (χ1v) is 11.8. The van der Waals surface area contributed by atoms with Gasteiger partial charge in [-0.2, -0.15) is 0 Å². The van der Waals surface area contributed by atoms with Crippen molar-refractivity contribution in [3.8, 4) is 11.3 Å². The second-order valence-corrected chi connectivity index (χ2v) is 10.2. The number of carboxylic acid groups (broad SMARTS) is 1. The Morgan fingerprint density at radius 2 is 1.64 bits per heavy atom. The van der Waals surface area contributed by atoms with Crippen molar-refractivity contribution in [1.82, 2.24) is 10.3 Å². The van der Waals surface area contributed by atoms with Crippen LogP contribution in [-0.4, -0.2) is 22.4 Å². The van der Waals surface area contributed by atoms with Crippen LogP contribution in [0.25, 0.3) is 22.2 Å². The van der Waals surface area contributed by atoms with E-state index < -0.39 is 11.4 Å². The topological polar surface area (TPSA) is 82.1 Å². The van der Waals surface area contributed by atoms with Crippen molar-refractivity contribution in [2.75, 3.05) is 0 Å². The van der Waals surface area contributed by atoms with E-state index >= 15 is 0 Å². The first-order valence-electron chi connectivity index (χ1n) is 11.0. The second-order valence-electron chi connectivity index (χ2n) is 9.29. The number of nitrogens with zero attached hydrogens (tertiary/aromatic N) is 1. The van der Waals surface area contributed by atoms with E-state index in [4.69, 9.17) is 4.98 Å². The predicted molar refractivity (Wildman–Crippen MR) is 125 cm³/mol. The van der Waals surface area contributed by atoms with Crippen LogP contribution in [0.3, 0.4) is 0 Å². The van der Waals surface area contributed by atoms with Gasteiger partial charge in [-0.25, -0.2) is 4.98 Å². The summed E-state index contributed by atoms with van der Waals surface area (Å²) in [5.41, 5.74) is 2.94. The van der Waals surface area contributed by atoms with Crippen LogP contribution in [0, 0.1) is 12.3 Å². The Morgan fingerprint density at radius 3 is 2.24 bits per heavy atom. The fourth-order valence-electron chi connectivity index (χ4n) is 5.48. The minimum Gasteiger partial charge on any atom is -0.550 e. The molecule has 6 rings (SSSR count). The molecular formula is C26H24BrN2NaO3. The molecule has 0 spiro atoms. The average Bonchev–Trinajstić information content (AvgIpc) is 2.80. The van der Waals surface area contributed by atoms with Crippen LogP contribution < -0.4 is 40.0 Å². The molecule has 1 N–H and O–H groups in total. The monoisotopic (exact) mass is 514 g/mol. The van der Waals surface area contributed by atoms with Crippen molar-refractivity contribution in [2.24, 2.45) is 5.41 Å². The summed E-state index contributed by atoms with van der Waals surface area (Å²) in [6.07, 6.45) is 3.70. The summed E-state index contributed by atoms with van der Waals surface area (Å²) in [7, 11) is 0. The molecule has 1 aromatic heterocycles. The van der Waals surface area contributed by atoms with Gasteiger partial charge in [0.15, 0.2) is 0 Å². The van der Waals surface area contributed by atoms with Gasteiger partial charge in [0.05, 0.1) is 16.8 Å². The van der Waals surface area contributed by atoms with Gasteiger partial charge in [-0.1, -0.05) is 46.3 Å². The number of carbonyl (C=O) groups is 2. The summed E-state index contributed by atoms with van der Waals surface area (Å²) in [4.78, 5) is 30.3. The quantitative estimate of drug-likeness (QED) is 0.535. The summed E-state index contributed by atoms with van der Waals surface area (Å²) in [5, 5.41) is 15.8. The van der Waals surface area contributed by atoms with Crippen LogP contribution in [-0.2, 0) is 4.79 Å². The number of pyridine rings is 1. The van der Waals surface area contributed by atoms with Crippen molar-refractivity contribution in [3.05, 3.63) is 64.1 Å². The van der Waals surface area contributed by atoms with Gasteiger partial charge in [-0.3, -0.25) is 4.79 Å². The van der Waals surface area contributed by atoms with E-state index in [0.29, 0.717) is 44.1 Å². The molecular weight excluding hydrogens is 491 g/mol. The van der Waals surface area contributed by atoms with E-state index in [1.165, 1.54) is 0 Å². The molecule has 0 atom stereocenters. The Labute approximate surface area is 223 Å². The number of aromatic nitrogens is 1. The predicted octanol–water partition coefficient (Wildman–Crippen LogP) is 1.55. The van der Waals surface area contributed by atoms with Crippen LogP contribution in [0.5, 0.6) is 0 Å². The number of hydrogen-bond acceptors (Lipinski definition) is 4. The number of nitrogens with one attached hydrogen (secondary N) is 1. The van der Waals surface area contributed by atoms with Gasteiger partial charge in [0.25, 0.3) is 5.91 Å². The van der Waals surface area contributed by atoms with Gasteiger partial charge in [0.2, 0.25) is 0 Å². The number of carbonyl (C=O) groups excluding carboxylic acids is 2. The molecule has 3 fully saturated rings. The fourth-order valence-corrected chi connectivity index (χ4v) is 5.84. The van der Waals surface area contributed by atoms with E-state index in [2.05, 4.69) is 21.2 Å². The van der Waals surface area contributed by atoms with E-state index in [1.807, 2.05) is 55.5 Å². The van der Waals surface area contributed by atoms with E-state index in [9.17, 15) is 14.7 Å². The zero-order chi connectivity index (χ0) is 22.5. The normalized spacial score (nSPS) is 23.7. The van der Waals surface area contributed by atoms with Gasteiger partial charge in [0, 0.05) is 32.3 Å². The zero-order valence-corrected chi connectivity index (χ0v) is 22.5. The zero-order valence-electron chi connectivity index (χ0n) is 18.9.